The van der Waals surface area contributed by atoms with E-state index in [1.165, 1.54) is 6.21 Å². The molecule has 0 aliphatic carbocycles. The molecular weight excluding hydrogens is 192 g/mol. The van der Waals surface area contributed by atoms with Gasteiger partial charge in [0, 0.05) is 0 Å². The van der Waals surface area contributed by atoms with Gasteiger partial charge in [-0.1, -0.05) is 0 Å². The lowest BCUT2D eigenvalue weighted by Crippen LogP contribution is -2.24. The van der Waals surface area contributed by atoms with E-state index in [1.807, 2.05) is 0 Å². The van der Waals surface area contributed by atoms with E-state index in [1.54, 1.807) is 0 Å². The minimum atomic E-state index is -3.38. The van der Waals surface area contributed by atoms with Crippen molar-refractivity contribution in [1.29, 1.82) is 0 Å². The molecule has 1 N–H and O–H groups in total. The lowest BCUT2D eigenvalue weighted by atomic mass is 10.4. The van der Waals surface area contributed by atoms with Crippen molar-refractivity contribution in [3.8, 4) is 0 Å². The summed E-state index contributed by atoms with van der Waals surface area (Å²) in [4.78, 5) is 0. The lowest BCUT2D eigenvalue weighted by Gasteiger charge is -2.11. The number of sulfonamides is 1. The molecule has 1 unspecified atom stereocenters. The summed E-state index contributed by atoms with van der Waals surface area (Å²) >= 11 is 0. The second-order valence-corrected chi connectivity index (χ2v) is 4.45. The first-order valence-corrected chi connectivity index (χ1v) is 5.58. The fraction of sp³-hybridized carbons (Fsp3) is 0.571. The Morgan fingerprint density at radius 1 is 1.62 bits per heavy atom. The predicted molar refractivity (Wildman–Crippen MR) is 47.6 cm³/mol. The van der Waals surface area contributed by atoms with Crippen molar-refractivity contribution in [2.75, 3.05) is 6.54 Å². The highest BCUT2D eigenvalue weighted by atomic mass is 32.2. The Hall–Kier alpha value is -0.880. The average molecular weight is 202 g/mol. The van der Waals surface area contributed by atoms with Gasteiger partial charge in [-0.15, -0.1) is 0 Å². The molecule has 0 spiro atoms. The van der Waals surface area contributed by atoms with Crippen molar-refractivity contribution in [3.63, 3.8) is 0 Å². The van der Waals surface area contributed by atoms with Gasteiger partial charge in [0.15, 0.2) is 5.76 Å². The molecule has 5 nitrogen and oxygen atoms in total. The molecule has 2 aliphatic heterocycles. The number of ether oxygens (including phenoxy) is 1. The molecule has 1 atom stereocenters. The van der Waals surface area contributed by atoms with Crippen molar-refractivity contribution in [3.05, 3.63) is 11.2 Å². The highest BCUT2D eigenvalue weighted by molar-refractivity contribution is 7.93. The Morgan fingerprint density at radius 3 is 3.00 bits per heavy atom. The summed E-state index contributed by atoms with van der Waals surface area (Å²) in [5.74, 6) is 0.319. The van der Waals surface area contributed by atoms with Crippen LogP contribution in [0, 0.1) is 0 Å². The number of hydrogen-bond donors (Lipinski definition) is 1. The smallest absolute Gasteiger partial charge is 0.279 e. The number of nitrogens with one attached hydrogen (secondary N) is 1. The van der Waals surface area contributed by atoms with Gasteiger partial charge < -0.3 is 4.74 Å². The molecule has 13 heavy (non-hydrogen) atoms. The van der Waals surface area contributed by atoms with Crippen molar-refractivity contribution < 1.29 is 13.2 Å². The summed E-state index contributed by atoms with van der Waals surface area (Å²) in [5.41, 5.74) is 0. The molecule has 0 aromatic rings. The van der Waals surface area contributed by atoms with Crippen LogP contribution < -0.4 is 5.32 Å². The van der Waals surface area contributed by atoms with Gasteiger partial charge in [0.1, 0.15) is 6.23 Å². The van der Waals surface area contributed by atoms with Crippen LogP contribution in [-0.2, 0) is 14.8 Å². The van der Waals surface area contributed by atoms with E-state index in [4.69, 9.17) is 4.74 Å². The monoisotopic (exact) mass is 202 g/mol. The largest absolute Gasteiger partial charge is 0.473 e. The van der Waals surface area contributed by atoms with Gasteiger partial charge in [0.05, 0.1) is 11.6 Å². The third-order valence-electron chi connectivity index (χ3n) is 1.89. The molecule has 0 saturated carbocycles. The second kappa shape index (κ2) is 3.12. The summed E-state index contributed by atoms with van der Waals surface area (Å²) in [6.45, 7) is 0.918. The van der Waals surface area contributed by atoms with Crippen molar-refractivity contribution >= 4 is 16.2 Å². The molecule has 2 rings (SSSR count). The standard InChI is InChI=1S/C7H10N2O3S/c10-13(11)5-6(4-9-13)12-7-2-1-3-8-7/h4-5,7-8H,1-3H2. The van der Waals surface area contributed by atoms with E-state index in [0.29, 0.717) is 5.76 Å². The molecule has 1 saturated heterocycles. The Morgan fingerprint density at radius 2 is 2.46 bits per heavy atom. The third kappa shape index (κ3) is 2.07. The van der Waals surface area contributed by atoms with E-state index in [-0.39, 0.29) is 6.23 Å². The van der Waals surface area contributed by atoms with Crippen LogP contribution in [0.2, 0.25) is 0 Å². The average Bonchev–Trinajstić information content (AvgIpc) is 2.61. The van der Waals surface area contributed by atoms with Gasteiger partial charge in [-0.05, 0) is 19.4 Å². The van der Waals surface area contributed by atoms with E-state index in [2.05, 4.69) is 9.71 Å². The minimum Gasteiger partial charge on any atom is -0.473 e. The SMILES string of the molecule is O=S1(=O)C=C(OC2CCCN2)C=N1. The van der Waals surface area contributed by atoms with Gasteiger partial charge in [0.25, 0.3) is 10.0 Å². The zero-order chi connectivity index (χ0) is 9.31. The minimum absolute atomic E-state index is 0.0639. The molecule has 0 amide bonds. The Labute approximate surface area is 76.5 Å². The fourth-order valence-electron chi connectivity index (χ4n) is 1.31. The van der Waals surface area contributed by atoms with Crippen LogP contribution >= 0.6 is 0 Å². The maximum absolute atomic E-state index is 10.8. The third-order valence-corrected chi connectivity index (χ3v) is 2.81. The zero-order valence-electron chi connectivity index (χ0n) is 6.93. The topological polar surface area (TPSA) is 67.8 Å². The number of allylic oxidation sites excluding steroid dienone is 1. The molecule has 2 heterocycles. The number of rotatable bonds is 2. The molecule has 6 heteroatoms. The van der Waals surface area contributed by atoms with Crippen molar-refractivity contribution in [1.82, 2.24) is 5.32 Å². The van der Waals surface area contributed by atoms with Gasteiger partial charge in [-0.25, -0.2) is 0 Å². The summed E-state index contributed by atoms with van der Waals surface area (Å²) in [5, 5.41) is 4.13. The van der Waals surface area contributed by atoms with Crippen LogP contribution in [0.4, 0.5) is 0 Å². The summed E-state index contributed by atoms with van der Waals surface area (Å²) < 4.78 is 30.3. The van der Waals surface area contributed by atoms with E-state index < -0.39 is 10.0 Å². The van der Waals surface area contributed by atoms with Gasteiger partial charge in [-0.2, -0.15) is 12.8 Å². The summed E-state index contributed by atoms with van der Waals surface area (Å²) in [7, 11) is -3.38. The van der Waals surface area contributed by atoms with Crippen LogP contribution in [0.5, 0.6) is 0 Å². The first-order chi connectivity index (χ1) is 6.16. The first kappa shape index (κ1) is 8.71. The Bertz CT molecular complexity index is 352. The quantitative estimate of drug-likeness (QED) is 0.682. The molecule has 0 aromatic heterocycles. The molecule has 2 aliphatic rings. The van der Waals surface area contributed by atoms with Gasteiger partial charge in [0.2, 0.25) is 0 Å². The predicted octanol–water partition coefficient (Wildman–Crippen LogP) is -0.0319. The molecular formula is C7H10N2O3S. The highest BCUT2D eigenvalue weighted by Gasteiger charge is 2.20. The number of hydrogen-bond acceptors (Lipinski definition) is 4. The molecule has 72 valence electrons. The molecule has 0 radical (unpaired) electrons. The van der Waals surface area contributed by atoms with Crippen molar-refractivity contribution in [2.45, 2.75) is 19.1 Å². The highest BCUT2D eigenvalue weighted by Crippen LogP contribution is 2.15. The maximum atomic E-state index is 10.8. The zero-order valence-corrected chi connectivity index (χ0v) is 7.75. The summed E-state index contributed by atoms with van der Waals surface area (Å²) in [6.07, 6.45) is 3.13. The fourth-order valence-corrected chi connectivity index (χ4v) is 2.03. The van der Waals surface area contributed by atoms with Gasteiger partial charge >= 0.3 is 0 Å². The summed E-state index contributed by atoms with van der Waals surface area (Å²) in [6, 6.07) is 0. The van der Waals surface area contributed by atoms with Crippen LogP contribution in [-0.4, -0.2) is 27.4 Å². The first-order valence-electron chi connectivity index (χ1n) is 4.08. The van der Waals surface area contributed by atoms with E-state index in [9.17, 15) is 8.42 Å². The lowest BCUT2D eigenvalue weighted by molar-refractivity contribution is 0.119. The Balaban J connectivity index is 2.00. The van der Waals surface area contributed by atoms with Crippen LogP contribution in [0.25, 0.3) is 0 Å². The van der Waals surface area contributed by atoms with Crippen LogP contribution in [0.3, 0.4) is 0 Å². The normalized spacial score (nSPS) is 30.5. The number of nitrogens with zero attached hydrogens (tertiary/aromatic N) is 1. The Kier molecular flexibility index (Phi) is 2.09. The van der Waals surface area contributed by atoms with Crippen LogP contribution in [0.15, 0.2) is 15.6 Å². The maximum Gasteiger partial charge on any atom is 0.279 e. The van der Waals surface area contributed by atoms with Crippen LogP contribution in [0.1, 0.15) is 12.8 Å². The molecule has 0 aromatic carbocycles. The van der Waals surface area contributed by atoms with E-state index in [0.717, 1.165) is 24.8 Å². The van der Waals surface area contributed by atoms with Crippen molar-refractivity contribution in [2.24, 2.45) is 4.40 Å². The molecule has 1 fully saturated rings. The molecule has 0 bridgehead atoms. The van der Waals surface area contributed by atoms with E-state index >= 15 is 0 Å². The van der Waals surface area contributed by atoms with Gasteiger partial charge in [-0.3, -0.25) is 5.32 Å². The second-order valence-electron chi connectivity index (χ2n) is 2.97.